The topological polar surface area (TPSA) is 72.8 Å². The molecule has 0 amide bonds. The monoisotopic (exact) mass is 474 g/mol. The largest absolute Gasteiger partial charge is 0.454 e. The van der Waals surface area contributed by atoms with Crippen LogP contribution in [0.3, 0.4) is 0 Å². The van der Waals surface area contributed by atoms with Gasteiger partial charge in [0.2, 0.25) is 6.79 Å². The van der Waals surface area contributed by atoms with Gasteiger partial charge in [0.05, 0.1) is 24.0 Å². The molecule has 0 saturated carbocycles. The zero-order valence-electron chi connectivity index (χ0n) is 19.3. The summed E-state index contributed by atoms with van der Waals surface area (Å²) >= 11 is 6.40. The minimum Gasteiger partial charge on any atom is -0.454 e. The molecule has 2 aliphatic rings. The number of oxime groups is 1. The zero-order chi connectivity index (χ0) is 23.4. The van der Waals surface area contributed by atoms with Gasteiger partial charge in [-0.2, -0.15) is 0 Å². The molecule has 0 radical (unpaired) electrons. The molecule has 0 bridgehead atoms. The predicted octanol–water partition coefficient (Wildman–Crippen LogP) is 4.24. The molecule has 2 aliphatic heterocycles. The third-order valence-corrected chi connectivity index (χ3v) is 5.80. The lowest BCUT2D eigenvalue weighted by atomic mass is 10.0. The molecule has 8 heteroatoms. The van der Waals surface area contributed by atoms with Gasteiger partial charge >= 0.3 is 0 Å². The lowest BCUT2D eigenvalue weighted by molar-refractivity contribution is -0.0600. The van der Waals surface area contributed by atoms with Crippen LogP contribution < -0.4 is 9.47 Å². The maximum Gasteiger partial charge on any atom is 0.231 e. The summed E-state index contributed by atoms with van der Waals surface area (Å²) in [5.41, 5.74) is 2.51. The Bertz CT molecular complexity index is 991. The molecule has 2 aromatic rings. The summed E-state index contributed by atoms with van der Waals surface area (Å²) in [5, 5.41) is 15.6. The van der Waals surface area contributed by atoms with E-state index in [0.29, 0.717) is 31.1 Å². The second-order valence-corrected chi connectivity index (χ2v) is 9.81. The number of aliphatic hydroxyl groups is 1. The van der Waals surface area contributed by atoms with Gasteiger partial charge in [0.25, 0.3) is 0 Å². The number of fused-ring (bicyclic) bond motifs is 1. The van der Waals surface area contributed by atoms with E-state index < -0.39 is 6.10 Å². The number of hydrogen-bond donors (Lipinski definition) is 1. The highest BCUT2D eigenvalue weighted by atomic mass is 35.5. The van der Waals surface area contributed by atoms with E-state index >= 15 is 0 Å². The lowest BCUT2D eigenvalue weighted by Crippen LogP contribution is -2.40. The minimum absolute atomic E-state index is 0.136. The van der Waals surface area contributed by atoms with Crippen molar-refractivity contribution < 1.29 is 24.2 Å². The molecule has 1 N–H and O–H groups in total. The van der Waals surface area contributed by atoms with Crippen molar-refractivity contribution in [3.05, 3.63) is 58.6 Å². The molecule has 2 atom stereocenters. The number of ether oxygens (including phenoxy) is 3. The third-order valence-electron chi connectivity index (χ3n) is 5.43. The van der Waals surface area contributed by atoms with Gasteiger partial charge in [0, 0.05) is 36.6 Å². The van der Waals surface area contributed by atoms with Crippen LogP contribution in [0.4, 0.5) is 0 Å². The Kier molecular flexibility index (Phi) is 7.44. The summed E-state index contributed by atoms with van der Waals surface area (Å²) < 4.78 is 16.6. The van der Waals surface area contributed by atoms with Crippen molar-refractivity contribution in [1.29, 1.82) is 0 Å². The lowest BCUT2D eigenvalue weighted by Gasteiger charge is -2.29. The van der Waals surface area contributed by atoms with Crippen LogP contribution in [0.25, 0.3) is 0 Å². The van der Waals surface area contributed by atoms with Gasteiger partial charge in [-0.05, 0) is 50.6 Å². The molecule has 0 fully saturated rings. The van der Waals surface area contributed by atoms with Gasteiger partial charge in [0.1, 0.15) is 6.10 Å². The summed E-state index contributed by atoms with van der Waals surface area (Å²) in [6.45, 7) is 8.03. The molecule has 0 aliphatic carbocycles. The van der Waals surface area contributed by atoms with Crippen LogP contribution in [0.2, 0.25) is 5.02 Å². The van der Waals surface area contributed by atoms with Crippen LogP contribution >= 0.6 is 11.6 Å². The number of nitrogens with zero attached hydrogens (tertiary/aromatic N) is 2. The van der Waals surface area contributed by atoms with Crippen LogP contribution in [0, 0.1) is 0 Å². The number of hydrogen-bond acceptors (Lipinski definition) is 7. The van der Waals surface area contributed by atoms with Crippen molar-refractivity contribution in [2.45, 2.75) is 51.5 Å². The fourth-order valence-corrected chi connectivity index (χ4v) is 4.02. The van der Waals surface area contributed by atoms with E-state index in [-0.39, 0.29) is 25.1 Å². The molecule has 178 valence electrons. The van der Waals surface area contributed by atoms with Crippen molar-refractivity contribution in [3.8, 4) is 11.5 Å². The average Bonchev–Trinajstić information content (AvgIpc) is 3.42. The van der Waals surface area contributed by atoms with E-state index in [2.05, 4.69) is 10.1 Å². The van der Waals surface area contributed by atoms with Crippen LogP contribution in [-0.4, -0.2) is 60.0 Å². The Hall–Kier alpha value is -2.32. The van der Waals surface area contributed by atoms with E-state index in [1.807, 2.05) is 63.2 Å². The molecule has 0 spiro atoms. The van der Waals surface area contributed by atoms with Gasteiger partial charge in [-0.3, -0.25) is 4.90 Å². The summed E-state index contributed by atoms with van der Waals surface area (Å²) in [7, 11) is 0. The Labute approximate surface area is 199 Å². The van der Waals surface area contributed by atoms with Crippen molar-refractivity contribution in [1.82, 2.24) is 4.90 Å². The second-order valence-electron chi connectivity index (χ2n) is 9.40. The first-order valence-electron chi connectivity index (χ1n) is 11.2. The first-order valence-corrected chi connectivity index (χ1v) is 11.5. The van der Waals surface area contributed by atoms with Crippen molar-refractivity contribution in [2.24, 2.45) is 5.16 Å². The maximum absolute atomic E-state index is 10.6. The van der Waals surface area contributed by atoms with Crippen molar-refractivity contribution in [3.63, 3.8) is 0 Å². The van der Waals surface area contributed by atoms with Gasteiger partial charge in [0.15, 0.2) is 11.5 Å². The number of aliphatic hydroxyl groups excluding tert-OH is 1. The van der Waals surface area contributed by atoms with Crippen LogP contribution in [0.1, 0.15) is 38.3 Å². The molecule has 0 saturated heterocycles. The molecule has 0 aromatic heterocycles. The molecule has 33 heavy (non-hydrogen) atoms. The Morgan fingerprint density at radius 3 is 2.76 bits per heavy atom. The first-order chi connectivity index (χ1) is 15.8. The minimum atomic E-state index is -0.637. The quantitative estimate of drug-likeness (QED) is 0.586. The van der Waals surface area contributed by atoms with Gasteiger partial charge in [-0.25, -0.2) is 0 Å². The van der Waals surface area contributed by atoms with Crippen LogP contribution in [0.5, 0.6) is 11.5 Å². The molecule has 2 aromatic carbocycles. The van der Waals surface area contributed by atoms with Gasteiger partial charge in [-0.1, -0.05) is 35.0 Å². The fraction of sp³-hybridized carbons (Fsp3) is 0.480. The summed E-state index contributed by atoms with van der Waals surface area (Å²) in [4.78, 5) is 7.90. The van der Waals surface area contributed by atoms with E-state index in [1.54, 1.807) is 0 Å². The Morgan fingerprint density at radius 1 is 1.18 bits per heavy atom. The second kappa shape index (κ2) is 10.3. The third kappa shape index (κ3) is 6.60. The maximum atomic E-state index is 10.6. The number of halogens is 1. The van der Waals surface area contributed by atoms with E-state index in [4.69, 9.17) is 30.6 Å². The highest BCUT2D eigenvalue weighted by molar-refractivity contribution is 6.31. The molecule has 2 unspecified atom stereocenters. The van der Waals surface area contributed by atoms with E-state index in [1.165, 1.54) is 0 Å². The number of benzene rings is 2. The van der Waals surface area contributed by atoms with Gasteiger partial charge in [-0.15, -0.1) is 0 Å². The normalized spacial score (nSPS) is 18.4. The fourth-order valence-electron chi connectivity index (χ4n) is 3.83. The summed E-state index contributed by atoms with van der Waals surface area (Å²) in [5.74, 6) is 1.47. The van der Waals surface area contributed by atoms with E-state index in [0.717, 1.165) is 28.3 Å². The van der Waals surface area contributed by atoms with Crippen LogP contribution in [-0.2, 0) is 16.1 Å². The van der Waals surface area contributed by atoms with Crippen molar-refractivity contribution >= 4 is 17.3 Å². The Balaban J connectivity index is 1.40. The molecule has 4 rings (SSSR count). The highest BCUT2D eigenvalue weighted by Gasteiger charge is 2.27. The Morgan fingerprint density at radius 2 is 1.97 bits per heavy atom. The SMILES string of the molecule is CC(C)(C)OCC(O)CN(Cc1ccccc1Cl)CC1CC(c2ccc3c(c2)OCO3)=NO1. The molecule has 2 heterocycles. The summed E-state index contributed by atoms with van der Waals surface area (Å²) in [6.07, 6.45) is -0.112. The standard InChI is InChI=1S/C25H31ClN2O5/c1-25(2,3)32-15-19(29)13-28(12-18-6-4-5-7-21(18)26)14-20-11-22(27-33-20)17-8-9-23-24(10-17)31-16-30-23/h4-10,19-20,29H,11-16H2,1-3H3. The predicted molar refractivity (Wildman–Crippen MR) is 127 cm³/mol. The smallest absolute Gasteiger partial charge is 0.231 e. The zero-order valence-corrected chi connectivity index (χ0v) is 20.0. The van der Waals surface area contributed by atoms with Gasteiger partial charge < -0.3 is 24.2 Å². The molecular weight excluding hydrogens is 444 g/mol. The first kappa shape index (κ1) is 23.8. The molecular formula is C25H31ClN2O5. The average molecular weight is 475 g/mol. The highest BCUT2D eigenvalue weighted by Crippen LogP contribution is 2.33. The number of rotatable bonds is 9. The van der Waals surface area contributed by atoms with Crippen molar-refractivity contribution in [2.75, 3.05) is 26.5 Å². The van der Waals surface area contributed by atoms with Crippen LogP contribution in [0.15, 0.2) is 47.6 Å². The summed E-state index contributed by atoms with van der Waals surface area (Å²) in [6, 6.07) is 13.5. The van der Waals surface area contributed by atoms with E-state index in [9.17, 15) is 5.11 Å². The molecule has 7 nitrogen and oxygen atoms in total.